The molecule has 0 saturated carbocycles. The second-order valence-electron chi connectivity index (χ2n) is 4.25. The number of hydrogen-bond acceptors (Lipinski definition) is 1. The molecule has 1 aliphatic heterocycles. The summed E-state index contributed by atoms with van der Waals surface area (Å²) in [5.41, 5.74) is 0.501. The Balaban J connectivity index is 2.07. The predicted molar refractivity (Wildman–Crippen MR) is 67.2 cm³/mol. The maximum Gasteiger partial charge on any atom is 0.144 e. The smallest absolute Gasteiger partial charge is 0.144 e. The van der Waals surface area contributed by atoms with Gasteiger partial charge in [-0.05, 0) is 29.8 Å². The minimum Gasteiger partial charge on any atom is -0.359 e. The number of epoxide rings is 1. The van der Waals surface area contributed by atoms with Crippen LogP contribution in [0.2, 0.25) is 0 Å². The normalized spacial score (nSPS) is 21.9. The summed E-state index contributed by atoms with van der Waals surface area (Å²) < 4.78 is 33.1. The number of hydrogen-bond donors (Lipinski definition) is 0. The third-order valence-corrected chi connectivity index (χ3v) is 3.64. The van der Waals surface area contributed by atoms with Crippen LogP contribution in [0.5, 0.6) is 0 Å². The van der Waals surface area contributed by atoms with Crippen molar-refractivity contribution in [1.29, 1.82) is 0 Å². The zero-order valence-corrected chi connectivity index (χ0v) is 10.9. The van der Waals surface area contributed by atoms with Crippen LogP contribution >= 0.6 is 15.9 Å². The molecular weight excluding hydrogens is 302 g/mol. The lowest BCUT2D eigenvalue weighted by Crippen LogP contribution is -2.13. The Hall–Kier alpha value is -1.26. The molecule has 1 saturated heterocycles. The van der Waals surface area contributed by atoms with Gasteiger partial charge in [0.1, 0.15) is 17.2 Å². The van der Waals surface area contributed by atoms with Gasteiger partial charge in [0.2, 0.25) is 0 Å². The predicted octanol–water partition coefficient (Wildman–Crippen LogP) is 4.00. The van der Waals surface area contributed by atoms with E-state index in [1.807, 2.05) is 24.3 Å². The van der Waals surface area contributed by atoms with E-state index in [0.29, 0.717) is 12.2 Å². The van der Waals surface area contributed by atoms with E-state index in [9.17, 15) is 8.78 Å². The topological polar surface area (TPSA) is 12.5 Å². The molecule has 0 spiro atoms. The van der Waals surface area contributed by atoms with Gasteiger partial charge in [-0.15, -0.1) is 0 Å². The second kappa shape index (κ2) is 4.14. The van der Waals surface area contributed by atoms with Crippen molar-refractivity contribution in [3.05, 3.63) is 69.7 Å². The van der Waals surface area contributed by atoms with Gasteiger partial charge in [-0.25, -0.2) is 8.78 Å². The van der Waals surface area contributed by atoms with Crippen molar-refractivity contribution in [3.63, 3.8) is 0 Å². The summed E-state index contributed by atoms with van der Waals surface area (Å²) in [5.74, 6) is -1.15. The number of rotatable bonds is 2. The minimum atomic E-state index is -0.752. The Morgan fingerprint density at radius 2 is 1.72 bits per heavy atom. The van der Waals surface area contributed by atoms with E-state index in [0.717, 1.165) is 16.1 Å². The fraction of sp³-hybridized carbons (Fsp3) is 0.143. The Morgan fingerprint density at radius 1 is 1.06 bits per heavy atom. The van der Waals surface area contributed by atoms with Crippen molar-refractivity contribution in [2.45, 2.75) is 5.60 Å². The maximum atomic E-state index is 13.8. The Kier molecular flexibility index (Phi) is 2.72. The molecule has 0 bridgehead atoms. The summed E-state index contributed by atoms with van der Waals surface area (Å²) in [7, 11) is 0. The van der Waals surface area contributed by atoms with Crippen LogP contribution in [0, 0.1) is 11.6 Å². The maximum absolute atomic E-state index is 13.8. The molecule has 92 valence electrons. The molecule has 18 heavy (non-hydrogen) atoms. The first-order valence-electron chi connectivity index (χ1n) is 5.47. The average molecular weight is 311 g/mol. The summed E-state index contributed by atoms with van der Waals surface area (Å²) in [4.78, 5) is 0. The lowest BCUT2D eigenvalue weighted by Gasteiger charge is -2.14. The largest absolute Gasteiger partial charge is 0.359 e. The van der Waals surface area contributed by atoms with Crippen LogP contribution in [-0.2, 0) is 10.3 Å². The fourth-order valence-corrected chi connectivity index (χ4v) is 2.35. The molecule has 2 aromatic rings. The van der Waals surface area contributed by atoms with Gasteiger partial charge in [0.25, 0.3) is 0 Å². The van der Waals surface area contributed by atoms with Crippen molar-refractivity contribution >= 4 is 15.9 Å². The molecule has 1 fully saturated rings. The monoisotopic (exact) mass is 310 g/mol. The van der Waals surface area contributed by atoms with E-state index in [2.05, 4.69) is 15.9 Å². The average Bonchev–Trinajstić information content (AvgIpc) is 3.11. The second-order valence-corrected chi connectivity index (χ2v) is 5.16. The standard InChI is InChI=1S/C14H9BrF2O/c15-10-3-1-9(2-4-10)14(8-18-14)12-6-5-11(16)7-13(12)17/h1-7H,8H2/t14-/m0/s1. The third kappa shape index (κ3) is 1.85. The number of ether oxygens (including phenoxy) is 1. The molecule has 2 aromatic carbocycles. The van der Waals surface area contributed by atoms with Crippen LogP contribution < -0.4 is 0 Å². The Bertz CT molecular complexity index is 591. The summed E-state index contributed by atoms with van der Waals surface area (Å²) in [6, 6.07) is 11.1. The molecule has 1 heterocycles. The molecule has 1 aliphatic rings. The summed E-state index contributed by atoms with van der Waals surface area (Å²) >= 11 is 3.35. The Labute approximate surface area is 112 Å². The number of benzene rings is 2. The molecule has 0 amide bonds. The molecule has 0 aromatic heterocycles. The van der Waals surface area contributed by atoms with Gasteiger partial charge in [-0.3, -0.25) is 0 Å². The van der Waals surface area contributed by atoms with Crippen LogP contribution in [0.4, 0.5) is 8.78 Å². The molecule has 0 radical (unpaired) electrons. The van der Waals surface area contributed by atoms with Crippen molar-refractivity contribution in [2.75, 3.05) is 6.61 Å². The lowest BCUT2D eigenvalue weighted by atomic mass is 9.91. The highest BCUT2D eigenvalue weighted by Crippen LogP contribution is 2.46. The van der Waals surface area contributed by atoms with Gasteiger partial charge < -0.3 is 4.74 Å². The van der Waals surface area contributed by atoms with E-state index in [4.69, 9.17) is 4.74 Å². The van der Waals surface area contributed by atoms with Gasteiger partial charge in [-0.2, -0.15) is 0 Å². The van der Waals surface area contributed by atoms with Crippen LogP contribution in [0.15, 0.2) is 46.9 Å². The van der Waals surface area contributed by atoms with Crippen LogP contribution in [0.3, 0.4) is 0 Å². The summed E-state index contributed by atoms with van der Waals surface area (Å²) in [6.45, 7) is 0.414. The first-order chi connectivity index (χ1) is 8.62. The highest BCUT2D eigenvalue weighted by Gasteiger charge is 2.49. The molecule has 0 aliphatic carbocycles. The highest BCUT2D eigenvalue weighted by atomic mass is 79.9. The van der Waals surface area contributed by atoms with Crippen molar-refractivity contribution in [2.24, 2.45) is 0 Å². The zero-order valence-electron chi connectivity index (χ0n) is 9.29. The molecule has 0 unspecified atom stereocenters. The fourth-order valence-electron chi connectivity index (χ4n) is 2.09. The molecule has 3 rings (SSSR count). The SMILES string of the molecule is Fc1ccc([C@@]2(c3ccc(Br)cc3)CO2)c(F)c1. The van der Waals surface area contributed by atoms with E-state index >= 15 is 0 Å². The first kappa shape index (κ1) is 11.8. The zero-order chi connectivity index (χ0) is 12.8. The van der Waals surface area contributed by atoms with Crippen molar-refractivity contribution in [3.8, 4) is 0 Å². The van der Waals surface area contributed by atoms with Crippen molar-refractivity contribution in [1.82, 2.24) is 0 Å². The molecule has 0 N–H and O–H groups in total. The van der Waals surface area contributed by atoms with Crippen LogP contribution in [0.25, 0.3) is 0 Å². The molecule has 4 heteroatoms. The van der Waals surface area contributed by atoms with Crippen molar-refractivity contribution < 1.29 is 13.5 Å². The van der Waals surface area contributed by atoms with Gasteiger partial charge in [0.15, 0.2) is 0 Å². The Morgan fingerprint density at radius 3 is 2.28 bits per heavy atom. The highest BCUT2D eigenvalue weighted by molar-refractivity contribution is 9.10. The molecule has 1 nitrogen and oxygen atoms in total. The number of halogens is 3. The van der Waals surface area contributed by atoms with E-state index in [1.54, 1.807) is 0 Å². The van der Waals surface area contributed by atoms with Crippen LogP contribution in [0.1, 0.15) is 11.1 Å². The first-order valence-corrected chi connectivity index (χ1v) is 6.27. The van der Waals surface area contributed by atoms with Gasteiger partial charge in [0, 0.05) is 16.1 Å². The molecular formula is C14H9BrF2O. The van der Waals surface area contributed by atoms with E-state index in [-0.39, 0.29) is 0 Å². The van der Waals surface area contributed by atoms with Crippen LogP contribution in [-0.4, -0.2) is 6.61 Å². The summed E-state index contributed by atoms with van der Waals surface area (Å²) in [5, 5.41) is 0. The van der Waals surface area contributed by atoms with Gasteiger partial charge >= 0.3 is 0 Å². The van der Waals surface area contributed by atoms with E-state index in [1.165, 1.54) is 12.1 Å². The minimum absolute atomic E-state index is 0.381. The van der Waals surface area contributed by atoms with Gasteiger partial charge in [0.05, 0.1) is 6.61 Å². The summed E-state index contributed by atoms with van der Waals surface area (Å²) in [6.07, 6.45) is 0. The van der Waals surface area contributed by atoms with E-state index < -0.39 is 17.2 Å². The van der Waals surface area contributed by atoms with Gasteiger partial charge in [-0.1, -0.05) is 28.1 Å². The third-order valence-electron chi connectivity index (χ3n) is 3.11. The molecule has 1 atom stereocenters. The lowest BCUT2D eigenvalue weighted by molar-refractivity contribution is 0.340. The quantitative estimate of drug-likeness (QED) is 0.764.